The van der Waals surface area contributed by atoms with Gasteiger partial charge in [-0.15, -0.1) is 0 Å². The third-order valence-corrected chi connectivity index (χ3v) is 4.80. The molecule has 0 aromatic rings. The number of hydrogen-bond acceptors (Lipinski definition) is 1. The summed E-state index contributed by atoms with van der Waals surface area (Å²) in [5.41, 5.74) is 0.410. The van der Waals surface area contributed by atoms with Crippen LogP contribution < -0.4 is 0 Å². The molecule has 1 aliphatic rings. The van der Waals surface area contributed by atoms with E-state index in [-0.39, 0.29) is 10.8 Å². The predicted molar refractivity (Wildman–Crippen MR) is 60.2 cm³/mol. The van der Waals surface area contributed by atoms with Crippen molar-refractivity contribution >= 4 is 5.78 Å². The highest BCUT2D eigenvalue weighted by molar-refractivity contribution is 5.83. The zero-order valence-corrected chi connectivity index (χ0v) is 10.3. The van der Waals surface area contributed by atoms with Gasteiger partial charge in [-0.3, -0.25) is 4.79 Å². The minimum atomic E-state index is 0.148. The standard InChI is InChI=1S/C13H24O/c1-6-12(2,3)13(4,5)10-8-7-9-11(10)14/h10H,6-9H2,1-5H3/t10-/m1/s1. The minimum absolute atomic E-state index is 0.148. The molecule has 0 amide bonds. The van der Waals surface area contributed by atoms with Gasteiger partial charge in [-0.05, 0) is 23.7 Å². The molecule has 0 unspecified atom stereocenters. The zero-order chi connectivity index (χ0) is 11.0. The summed E-state index contributed by atoms with van der Waals surface area (Å²) < 4.78 is 0. The van der Waals surface area contributed by atoms with E-state index in [1.807, 2.05) is 0 Å². The zero-order valence-electron chi connectivity index (χ0n) is 10.3. The van der Waals surface area contributed by atoms with E-state index in [1.165, 1.54) is 0 Å². The Kier molecular flexibility index (Phi) is 3.08. The van der Waals surface area contributed by atoms with E-state index in [1.54, 1.807) is 0 Å². The average molecular weight is 196 g/mol. The first-order chi connectivity index (χ1) is 6.33. The van der Waals surface area contributed by atoms with Gasteiger partial charge in [0.1, 0.15) is 5.78 Å². The maximum atomic E-state index is 11.8. The topological polar surface area (TPSA) is 17.1 Å². The van der Waals surface area contributed by atoms with Gasteiger partial charge in [-0.1, -0.05) is 41.0 Å². The molecule has 0 aromatic carbocycles. The van der Waals surface area contributed by atoms with E-state index in [0.29, 0.717) is 11.7 Å². The van der Waals surface area contributed by atoms with Crippen molar-refractivity contribution in [3.8, 4) is 0 Å². The third-order valence-electron chi connectivity index (χ3n) is 4.80. The third kappa shape index (κ3) is 1.74. The molecule has 14 heavy (non-hydrogen) atoms. The van der Waals surface area contributed by atoms with Crippen molar-refractivity contribution in [1.29, 1.82) is 0 Å². The van der Waals surface area contributed by atoms with E-state index < -0.39 is 0 Å². The van der Waals surface area contributed by atoms with Gasteiger partial charge in [0, 0.05) is 12.3 Å². The van der Waals surface area contributed by atoms with Crippen LogP contribution in [0.4, 0.5) is 0 Å². The Morgan fingerprint density at radius 2 is 1.86 bits per heavy atom. The van der Waals surface area contributed by atoms with Crippen LogP contribution in [0.25, 0.3) is 0 Å². The molecule has 0 spiro atoms. The van der Waals surface area contributed by atoms with Crippen LogP contribution in [-0.2, 0) is 4.79 Å². The molecule has 1 heteroatoms. The Balaban J connectivity index is 2.88. The molecule has 0 N–H and O–H groups in total. The fourth-order valence-electron chi connectivity index (χ4n) is 2.51. The number of ketones is 1. The highest BCUT2D eigenvalue weighted by Gasteiger charge is 2.46. The van der Waals surface area contributed by atoms with Gasteiger partial charge in [0.05, 0.1) is 0 Å². The maximum Gasteiger partial charge on any atom is 0.136 e. The van der Waals surface area contributed by atoms with Crippen molar-refractivity contribution < 1.29 is 4.79 Å². The molecule has 1 atom stereocenters. The van der Waals surface area contributed by atoms with Crippen LogP contribution >= 0.6 is 0 Å². The number of Topliss-reactive ketones (excluding diaryl/α,β-unsaturated/α-hetero) is 1. The highest BCUT2D eigenvalue weighted by atomic mass is 16.1. The Morgan fingerprint density at radius 3 is 2.21 bits per heavy atom. The molecule has 82 valence electrons. The van der Waals surface area contributed by atoms with Gasteiger partial charge < -0.3 is 0 Å². The first kappa shape index (κ1) is 11.7. The first-order valence-electron chi connectivity index (χ1n) is 5.85. The number of carbonyl (C=O) groups excluding carboxylic acids is 1. The molecule has 0 saturated heterocycles. The fraction of sp³-hybridized carbons (Fsp3) is 0.923. The summed E-state index contributed by atoms with van der Waals surface area (Å²) in [6, 6.07) is 0. The molecular weight excluding hydrogens is 172 g/mol. The average Bonchev–Trinajstić information content (AvgIpc) is 2.51. The molecule has 0 radical (unpaired) electrons. The van der Waals surface area contributed by atoms with E-state index in [0.717, 1.165) is 25.7 Å². The number of rotatable bonds is 3. The maximum absolute atomic E-state index is 11.8. The van der Waals surface area contributed by atoms with Gasteiger partial charge in [-0.25, -0.2) is 0 Å². The van der Waals surface area contributed by atoms with E-state index >= 15 is 0 Å². The van der Waals surface area contributed by atoms with Crippen molar-refractivity contribution in [2.24, 2.45) is 16.7 Å². The van der Waals surface area contributed by atoms with Crippen molar-refractivity contribution in [3.63, 3.8) is 0 Å². The minimum Gasteiger partial charge on any atom is -0.299 e. The number of carbonyl (C=O) groups is 1. The molecule has 0 aromatic heterocycles. The Hall–Kier alpha value is -0.330. The van der Waals surface area contributed by atoms with Gasteiger partial charge in [0.15, 0.2) is 0 Å². The van der Waals surface area contributed by atoms with Gasteiger partial charge in [-0.2, -0.15) is 0 Å². The second-order valence-electron chi connectivity index (χ2n) is 5.87. The van der Waals surface area contributed by atoms with Gasteiger partial charge in [0.25, 0.3) is 0 Å². The van der Waals surface area contributed by atoms with Crippen molar-refractivity contribution in [1.82, 2.24) is 0 Å². The highest BCUT2D eigenvalue weighted by Crippen LogP contribution is 2.50. The molecule has 1 rings (SSSR count). The lowest BCUT2D eigenvalue weighted by Gasteiger charge is -2.45. The van der Waals surface area contributed by atoms with Crippen LogP contribution in [0.5, 0.6) is 0 Å². The molecule has 1 nitrogen and oxygen atoms in total. The smallest absolute Gasteiger partial charge is 0.136 e. The monoisotopic (exact) mass is 196 g/mol. The van der Waals surface area contributed by atoms with Crippen LogP contribution in [0.15, 0.2) is 0 Å². The lowest BCUT2D eigenvalue weighted by atomic mass is 9.59. The molecule has 0 aliphatic heterocycles. The second kappa shape index (κ2) is 3.67. The predicted octanol–water partition coefficient (Wildman–Crippen LogP) is 3.82. The van der Waals surface area contributed by atoms with Gasteiger partial charge in [0.2, 0.25) is 0 Å². The fourth-order valence-corrected chi connectivity index (χ4v) is 2.51. The Bertz CT molecular complexity index is 225. The van der Waals surface area contributed by atoms with Crippen molar-refractivity contribution in [3.05, 3.63) is 0 Å². The van der Waals surface area contributed by atoms with E-state index in [4.69, 9.17) is 0 Å². The summed E-state index contributed by atoms with van der Waals surface area (Å²) in [6.45, 7) is 11.3. The quantitative estimate of drug-likeness (QED) is 0.670. The summed E-state index contributed by atoms with van der Waals surface area (Å²) in [7, 11) is 0. The summed E-state index contributed by atoms with van der Waals surface area (Å²) >= 11 is 0. The molecular formula is C13H24O. The first-order valence-corrected chi connectivity index (χ1v) is 5.85. The van der Waals surface area contributed by atoms with Crippen LogP contribution in [0.1, 0.15) is 60.3 Å². The summed E-state index contributed by atoms with van der Waals surface area (Å²) in [6.07, 6.45) is 4.17. The number of hydrogen-bond donors (Lipinski definition) is 0. The second-order valence-corrected chi connectivity index (χ2v) is 5.87. The molecule has 1 saturated carbocycles. The molecule has 0 heterocycles. The normalized spacial score (nSPS) is 24.4. The lowest BCUT2D eigenvalue weighted by Crippen LogP contribution is -2.40. The van der Waals surface area contributed by atoms with Crippen LogP contribution in [0, 0.1) is 16.7 Å². The Labute approximate surface area is 88.3 Å². The van der Waals surface area contributed by atoms with E-state index in [9.17, 15) is 4.79 Å². The molecule has 1 aliphatic carbocycles. The lowest BCUT2D eigenvalue weighted by molar-refractivity contribution is -0.127. The molecule has 1 fully saturated rings. The SMILES string of the molecule is CCC(C)(C)C(C)(C)[C@@H]1CCCC1=O. The van der Waals surface area contributed by atoms with Gasteiger partial charge >= 0.3 is 0 Å². The van der Waals surface area contributed by atoms with Crippen LogP contribution in [0.2, 0.25) is 0 Å². The summed E-state index contributed by atoms with van der Waals surface area (Å²) in [4.78, 5) is 11.8. The summed E-state index contributed by atoms with van der Waals surface area (Å²) in [5.74, 6) is 0.800. The van der Waals surface area contributed by atoms with E-state index in [2.05, 4.69) is 34.6 Å². The molecule has 0 bridgehead atoms. The van der Waals surface area contributed by atoms with Crippen LogP contribution in [0.3, 0.4) is 0 Å². The Morgan fingerprint density at radius 1 is 1.29 bits per heavy atom. The van der Waals surface area contributed by atoms with Crippen molar-refractivity contribution in [2.45, 2.75) is 60.3 Å². The largest absolute Gasteiger partial charge is 0.299 e. The van der Waals surface area contributed by atoms with Crippen molar-refractivity contribution in [2.75, 3.05) is 0 Å². The summed E-state index contributed by atoms with van der Waals surface area (Å²) in [5, 5.41) is 0. The van der Waals surface area contributed by atoms with Crippen LogP contribution in [-0.4, -0.2) is 5.78 Å².